The Labute approximate surface area is 213 Å². The largest absolute Gasteiger partial charge is 0.495 e. The van der Waals surface area contributed by atoms with E-state index < -0.39 is 32.5 Å². The molecule has 1 heterocycles. The van der Waals surface area contributed by atoms with Crippen molar-refractivity contribution >= 4 is 37.3 Å². The van der Waals surface area contributed by atoms with Gasteiger partial charge in [0, 0.05) is 13.1 Å². The van der Waals surface area contributed by atoms with E-state index in [-0.39, 0.29) is 28.1 Å². The normalized spacial score (nSPS) is 14.9. The number of ether oxygens (including phenoxy) is 2. The fraction of sp³-hybridized carbons (Fsp3) is 0.458. The van der Waals surface area contributed by atoms with Gasteiger partial charge in [0.05, 0.1) is 35.7 Å². The van der Waals surface area contributed by atoms with Crippen LogP contribution in [0.4, 0.5) is 11.4 Å². The van der Waals surface area contributed by atoms with E-state index in [1.165, 1.54) is 29.6 Å². The molecular formula is C24H33N3O7S2. The van der Waals surface area contributed by atoms with E-state index >= 15 is 0 Å². The zero-order chi connectivity index (χ0) is 26.5. The maximum absolute atomic E-state index is 13.1. The molecule has 1 N–H and O–H groups in total. The van der Waals surface area contributed by atoms with Crippen LogP contribution in [0.1, 0.15) is 33.1 Å². The molecule has 1 amide bonds. The number of hydrogen-bond acceptors (Lipinski definition) is 7. The quantitative estimate of drug-likeness (QED) is 0.492. The summed E-state index contributed by atoms with van der Waals surface area (Å²) in [6, 6.07) is 10.6. The molecule has 2 aromatic rings. The molecule has 36 heavy (non-hydrogen) atoms. The van der Waals surface area contributed by atoms with Gasteiger partial charge in [-0.2, -0.15) is 4.31 Å². The summed E-state index contributed by atoms with van der Waals surface area (Å²) in [7, 11) is -6.15. The standard InChI is InChI=1S/C24H33N3O7S2/c1-18(2)34-20-10-8-19(9-11-20)27(35(4,29)30)17-24(28)25-22-16-21(12-13-23(22)33-3)36(31,32)26-14-6-5-7-15-26/h8-13,16,18H,5-7,14-15,17H2,1-4H3,(H,25,28). The van der Waals surface area contributed by atoms with Crippen LogP contribution in [0.2, 0.25) is 0 Å². The van der Waals surface area contributed by atoms with Gasteiger partial charge in [0.2, 0.25) is 26.0 Å². The number of benzene rings is 2. The second-order valence-electron chi connectivity index (χ2n) is 8.81. The molecule has 0 aliphatic carbocycles. The molecule has 0 saturated carbocycles. The highest BCUT2D eigenvalue weighted by Crippen LogP contribution is 2.30. The number of hydrogen-bond donors (Lipinski definition) is 1. The highest BCUT2D eigenvalue weighted by Gasteiger charge is 2.27. The lowest BCUT2D eigenvalue weighted by molar-refractivity contribution is -0.114. The fourth-order valence-electron chi connectivity index (χ4n) is 3.88. The van der Waals surface area contributed by atoms with Crippen molar-refractivity contribution in [2.75, 3.05) is 42.6 Å². The first-order chi connectivity index (χ1) is 16.9. The summed E-state index contributed by atoms with van der Waals surface area (Å²) in [5, 5.41) is 2.61. The highest BCUT2D eigenvalue weighted by molar-refractivity contribution is 7.92. The molecule has 1 aliphatic rings. The summed E-state index contributed by atoms with van der Waals surface area (Å²) in [5.74, 6) is 0.166. The molecule has 0 atom stereocenters. The van der Waals surface area contributed by atoms with Crippen LogP contribution in [-0.2, 0) is 24.8 Å². The second kappa shape index (κ2) is 11.5. The van der Waals surface area contributed by atoms with E-state index in [1.807, 2.05) is 13.8 Å². The van der Waals surface area contributed by atoms with Crippen molar-refractivity contribution in [3.63, 3.8) is 0 Å². The molecule has 0 bridgehead atoms. The first-order valence-electron chi connectivity index (χ1n) is 11.6. The molecule has 1 aliphatic heterocycles. The van der Waals surface area contributed by atoms with Gasteiger partial charge in [-0.1, -0.05) is 6.42 Å². The van der Waals surface area contributed by atoms with Gasteiger partial charge >= 0.3 is 0 Å². The first-order valence-corrected chi connectivity index (χ1v) is 14.9. The Hall–Kier alpha value is -2.83. The van der Waals surface area contributed by atoms with E-state index in [9.17, 15) is 21.6 Å². The van der Waals surface area contributed by atoms with Crippen LogP contribution >= 0.6 is 0 Å². The lowest BCUT2D eigenvalue weighted by Crippen LogP contribution is -2.37. The number of rotatable bonds is 10. The fourth-order valence-corrected chi connectivity index (χ4v) is 6.28. The molecule has 10 nitrogen and oxygen atoms in total. The van der Waals surface area contributed by atoms with E-state index in [4.69, 9.17) is 9.47 Å². The second-order valence-corrected chi connectivity index (χ2v) is 12.6. The maximum atomic E-state index is 13.1. The summed E-state index contributed by atoms with van der Waals surface area (Å²) in [6.07, 6.45) is 3.54. The number of nitrogens with one attached hydrogen (secondary N) is 1. The Morgan fingerprint density at radius 2 is 1.67 bits per heavy atom. The number of anilines is 2. The molecule has 0 radical (unpaired) electrons. The highest BCUT2D eigenvalue weighted by atomic mass is 32.2. The number of carbonyl (C=O) groups is 1. The molecule has 198 valence electrons. The minimum atomic E-state index is -3.80. The number of carbonyl (C=O) groups excluding carboxylic acids is 1. The van der Waals surface area contributed by atoms with E-state index in [0.717, 1.165) is 29.8 Å². The van der Waals surface area contributed by atoms with Crippen molar-refractivity contribution in [2.24, 2.45) is 0 Å². The Kier molecular flexibility index (Phi) is 8.85. The lowest BCUT2D eigenvalue weighted by Gasteiger charge is -2.26. The van der Waals surface area contributed by atoms with Crippen LogP contribution in [0.5, 0.6) is 11.5 Å². The first kappa shape index (κ1) is 27.8. The number of amides is 1. The zero-order valence-corrected chi connectivity index (χ0v) is 22.6. The lowest BCUT2D eigenvalue weighted by atomic mass is 10.2. The number of nitrogens with zero attached hydrogens (tertiary/aromatic N) is 2. The third-order valence-electron chi connectivity index (χ3n) is 5.58. The summed E-state index contributed by atoms with van der Waals surface area (Å²) >= 11 is 0. The minimum Gasteiger partial charge on any atom is -0.495 e. The van der Waals surface area contributed by atoms with Crippen molar-refractivity contribution < 1.29 is 31.1 Å². The van der Waals surface area contributed by atoms with Gasteiger partial charge in [0.15, 0.2) is 0 Å². The van der Waals surface area contributed by atoms with E-state index in [0.29, 0.717) is 18.8 Å². The van der Waals surface area contributed by atoms with Gasteiger partial charge in [-0.25, -0.2) is 16.8 Å². The predicted octanol–water partition coefficient (Wildman–Crippen LogP) is 3.06. The third kappa shape index (κ3) is 6.89. The Balaban J connectivity index is 1.83. The van der Waals surface area contributed by atoms with Crippen LogP contribution in [0.3, 0.4) is 0 Å². The van der Waals surface area contributed by atoms with Crippen LogP contribution in [0, 0.1) is 0 Å². The Morgan fingerprint density at radius 3 is 2.22 bits per heavy atom. The van der Waals surface area contributed by atoms with E-state index in [1.54, 1.807) is 24.3 Å². The maximum Gasteiger partial charge on any atom is 0.245 e. The van der Waals surface area contributed by atoms with Gasteiger partial charge in [0.1, 0.15) is 18.0 Å². The van der Waals surface area contributed by atoms with Gasteiger partial charge in [-0.05, 0) is 69.2 Å². The van der Waals surface area contributed by atoms with Crippen molar-refractivity contribution in [2.45, 2.75) is 44.1 Å². The minimum absolute atomic E-state index is 0.0289. The molecule has 1 saturated heterocycles. The molecule has 3 rings (SSSR count). The van der Waals surface area contributed by atoms with Crippen LogP contribution in [0.25, 0.3) is 0 Å². The third-order valence-corrected chi connectivity index (χ3v) is 8.62. The Bertz CT molecular complexity index is 1270. The van der Waals surface area contributed by atoms with Crippen molar-refractivity contribution in [3.05, 3.63) is 42.5 Å². The zero-order valence-electron chi connectivity index (χ0n) is 20.9. The van der Waals surface area contributed by atoms with Crippen molar-refractivity contribution in [1.82, 2.24) is 4.31 Å². The average molecular weight is 540 g/mol. The van der Waals surface area contributed by atoms with E-state index in [2.05, 4.69) is 5.32 Å². The molecule has 12 heteroatoms. The van der Waals surface area contributed by atoms with Crippen molar-refractivity contribution in [1.29, 1.82) is 0 Å². The molecule has 0 unspecified atom stereocenters. The molecule has 0 spiro atoms. The van der Waals surface area contributed by atoms with Gasteiger partial charge < -0.3 is 14.8 Å². The van der Waals surface area contributed by atoms with Gasteiger partial charge in [-0.3, -0.25) is 9.10 Å². The topological polar surface area (TPSA) is 122 Å². The molecule has 0 aromatic heterocycles. The molecule has 1 fully saturated rings. The number of sulfonamides is 2. The summed E-state index contributed by atoms with van der Waals surface area (Å²) in [6.45, 7) is 4.13. The summed E-state index contributed by atoms with van der Waals surface area (Å²) < 4.78 is 64.4. The molecular weight excluding hydrogens is 506 g/mol. The number of methoxy groups -OCH3 is 1. The average Bonchev–Trinajstić information content (AvgIpc) is 2.82. The van der Waals surface area contributed by atoms with Gasteiger partial charge in [0.25, 0.3) is 0 Å². The Morgan fingerprint density at radius 1 is 1.03 bits per heavy atom. The van der Waals surface area contributed by atoms with Gasteiger partial charge in [-0.15, -0.1) is 0 Å². The summed E-state index contributed by atoms with van der Waals surface area (Å²) in [4.78, 5) is 13.0. The van der Waals surface area contributed by atoms with Crippen molar-refractivity contribution in [3.8, 4) is 11.5 Å². The number of piperidine rings is 1. The summed E-state index contributed by atoms with van der Waals surface area (Å²) in [5.41, 5.74) is 0.423. The van der Waals surface area contributed by atoms with Crippen LogP contribution < -0.4 is 19.1 Å². The molecule has 2 aromatic carbocycles. The SMILES string of the molecule is COc1ccc(S(=O)(=O)N2CCCCC2)cc1NC(=O)CN(c1ccc(OC(C)C)cc1)S(C)(=O)=O. The monoisotopic (exact) mass is 539 g/mol. The predicted molar refractivity (Wildman–Crippen MR) is 139 cm³/mol. The van der Waals surface area contributed by atoms with Crippen LogP contribution in [-0.4, -0.2) is 66.2 Å². The smallest absolute Gasteiger partial charge is 0.245 e. The van der Waals surface area contributed by atoms with Crippen LogP contribution in [0.15, 0.2) is 47.4 Å².